The Hall–Kier alpha value is 0.340. The zero-order valence-electron chi connectivity index (χ0n) is 9.06. The molecule has 1 atom stereocenters. The Bertz CT molecular complexity index is 190. The molecule has 0 spiro atoms. The summed E-state index contributed by atoms with van der Waals surface area (Å²) in [6.45, 7) is 4.52. The zero-order valence-corrected chi connectivity index (χ0v) is 11.3. The van der Waals surface area contributed by atoms with Crippen LogP contribution in [0.2, 0.25) is 0 Å². The van der Waals surface area contributed by atoms with Gasteiger partial charge >= 0.3 is 5.97 Å². The summed E-state index contributed by atoms with van der Waals surface area (Å²) in [6, 6.07) is 0. The lowest BCUT2D eigenvalue weighted by atomic mass is 10.0. The zero-order chi connectivity index (χ0) is 11.9. The Balaban J connectivity index is 3.85. The maximum absolute atomic E-state index is 11.1. The van der Waals surface area contributed by atoms with E-state index in [0.717, 1.165) is 25.7 Å². The number of carbonyl (C=O) groups is 1. The van der Waals surface area contributed by atoms with E-state index in [1.54, 1.807) is 0 Å². The first kappa shape index (κ1) is 15.3. The average molecular weight is 276 g/mol. The maximum Gasteiger partial charge on any atom is 0.358 e. The topological polar surface area (TPSA) is 26.3 Å². The van der Waals surface area contributed by atoms with E-state index in [1.165, 1.54) is 0 Å². The van der Waals surface area contributed by atoms with Gasteiger partial charge in [-0.05, 0) is 12.3 Å². The van der Waals surface area contributed by atoms with Crippen LogP contribution in [-0.2, 0) is 9.53 Å². The number of esters is 1. The van der Waals surface area contributed by atoms with E-state index >= 15 is 0 Å². The van der Waals surface area contributed by atoms with Crippen LogP contribution in [0.1, 0.15) is 39.5 Å². The second-order valence-electron chi connectivity index (χ2n) is 3.51. The smallest absolute Gasteiger partial charge is 0.358 e. The van der Waals surface area contributed by atoms with Crippen LogP contribution in [0.3, 0.4) is 0 Å². The molecule has 0 aliphatic rings. The third-order valence-corrected chi connectivity index (χ3v) is 2.69. The molecule has 2 nitrogen and oxygen atoms in total. The quantitative estimate of drug-likeness (QED) is 0.538. The van der Waals surface area contributed by atoms with E-state index in [2.05, 4.69) is 13.8 Å². The highest BCUT2D eigenvalue weighted by Crippen LogP contribution is 2.28. The van der Waals surface area contributed by atoms with Gasteiger partial charge in [0.25, 0.3) is 3.79 Å². The molecule has 0 rings (SSSR count). The summed E-state index contributed by atoms with van der Waals surface area (Å²) < 4.78 is 2.97. The molecule has 0 bridgehead atoms. The molecule has 90 valence electrons. The first-order chi connectivity index (χ1) is 6.91. The van der Waals surface area contributed by atoms with Crippen molar-refractivity contribution in [2.45, 2.75) is 43.3 Å². The first-order valence-electron chi connectivity index (χ1n) is 5.15. The van der Waals surface area contributed by atoms with E-state index in [4.69, 9.17) is 39.5 Å². The second-order valence-corrected chi connectivity index (χ2v) is 5.79. The summed E-state index contributed by atoms with van der Waals surface area (Å²) >= 11 is 16.1. The molecule has 0 aromatic carbocycles. The van der Waals surface area contributed by atoms with Gasteiger partial charge in [-0.15, -0.1) is 0 Å². The molecule has 0 radical (unpaired) electrons. The number of hydrogen-bond acceptors (Lipinski definition) is 2. The van der Waals surface area contributed by atoms with Gasteiger partial charge in [0.1, 0.15) is 0 Å². The predicted octanol–water partition coefficient (Wildman–Crippen LogP) is 4.12. The minimum absolute atomic E-state index is 0.337. The lowest BCUT2D eigenvalue weighted by Crippen LogP contribution is -2.24. The van der Waals surface area contributed by atoms with Gasteiger partial charge in [0.2, 0.25) is 0 Å². The summed E-state index contributed by atoms with van der Waals surface area (Å²) in [6.07, 6.45) is 4.27. The monoisotopic (exact) mass is 274 g/mol. The summed E-state index contributed by atoms with van der Waals surface area (Å²) in [5.74, 6) is -0.427. The van der Waals surface area contributed by atoms with E-state index < -0.39 is 9.76 Å². The van der Waals surface area contributed by atoms with Gasteiger partial charge in [-0.25, -0.2) is 4.79 Å². The minimum atomic E-state index is -1.96. The molecule has 0 saturated heterocycles. The van der Waals surface area contributed by atoms with Gasteiger partial charge in [-0.3, -0.25) is 0 Å². The molecule has 5 heteroatoms. The molecule has 0 fully saturated rings. The highest BCUT2D eigenvalue weighted by Gasteiger charge is 2.32. The summed E-state index contributed by atoms with van der Waals surface area (Å²) in [5, 5.41) is 0. The molecular formula is C10H17Cl3O2. The molecule has 0 heterocycles. The van der Waals surface area contributed by atoms with Crippen LogP contribution in [0.4, 0.5) is 0 Å². The lowest BCUT2D eigenvalue weighted by molar-refractivity contribution is -0.144. The Morgan fingerprint density at radius 1 is 1.33 bits per heavy atom. The van der Waals surface area contributed by atoms with Crippen molar-refractivity contribution in [3.8, 4) is 0 Å². The van der Waals surface area contributed by atoms with Gasteiger partial charge < -0.3 is 4.74 Å². The van der Waals surface area contributed by atoms with Crippen LogP contribution in [0.25, 0.3) is 0 Å². The van der Waals surface area contributed by atoms with Crippen molar-refractivity contribution < 1.29 is 9.53 Å². The van der Waals surface area contributed by atoms with Crippen molar-refractivity contribution in [2.75, 3.05) is 6.61 Å². The van der Waals surface area contributed by atoms with Crippen LogP contribution < -0.4 is 0 Å². The largest absolute Gasteiger partial charge is 0.462 e. The van der Waals surface area contributed by atoms with E-state index in [9.17, 15) is 4.79 Å². The number of carbonyl (C=O) groups excluding carboxylic acids is 1. The molecule has 15 heavy (non-hydrogen) atoms. The number of unbranched alkanes of at least 4 members (excludes halogenated alkanes) is 1. The van der Waals surface area contributed by atoms with Crippen LogP contribution in [-0.4, -0.2) is 16.4 Å². The fourth-order valence-electron chi connectivity index (χ4n) is 1.17. The Morgan fingerprint density at radius 2 is 1.93 bits per heavy atom. The summed E-state index contributed by atoms with van der Waals surface area (Å²) in [5.41, 5.74) is 0. The van der Waals surface area contributed by atoms with Crippen LogP contribution in [0.15, 0.2) is 0 Å². The highest BCUT2D eigenvalue weighted by molar-refractivity contribution is 6.75. The fourth-order valence-corrected chi connectivity index (χ4v) is 1.34. The van der Waals surface area contributed by atoms with Gasteiger partial charge in [0.05, 0.1) is 6.61 Å². The number of hydrogen-bond donors (Lipinski definition) is 0. The molecule has 0 aromatic heterocycles. The van der Waals surface area contributed by atoms with Crippen molar-refractivity contribution in [3.63, 3.8) is 0 Å². The average Bonchev–Trinajstić information content (AvgIpc) is 2.16. The molecule has 0 aliphatic carbocycles. The van der Waals surface area contributed by atoms with Crippen molar-refractivity contribution in [1.29, 1.82) is 0 Å². The fraction of sp³-hybridized carbons (Fsp3) is 0.900. The third kappa shape index (κ3) is 7.26. The molecule has 0 N–H and O–H groups in total. The molecule has 0 saturated carbocycles. The third-order valence-electron chi connectivity index (χ3n) is 2.22. The number of ether oxygens (including phenoxy) is 1. The standard InChI is InChI=1S/C10H17Cl3O2/c1-3-5-6-8(4-2)7-15-9(14)10(11,12)13/h8H,3-7H2,1-2H3/t8-/m1/s1. The molecule has 0 unspecified atom stereocenters. The summed E-state index contributed by atoms with van der Waals surface area (Å²) in [7, 11) is 0. The van der Waals surface area contributed by atoms with Crippen molar-refractivity contribution >= 4 is 40.8 Å². The highest BCUT2D eigenvalue weighted by atomic mass is 35.6. The Labute approximate surface area is 106 Å². The lowest BCUT2D eigenvalue weighted by Gasteiger charge is -2.16. The van der Waals surface area contributed by atoms with Gasteiger partial charge in [-0.2, -0.15) is 0 Å². The number of rotatable bonds is 6. The van der Waals surface area contributed by atoms with E-state index in [-0.39, 0.29) is 0 Å². The van der Waals surface area contributed by atoms with E-state index in [1.807, 2.05) is 0 Å². The van der Waals surface area contributed by atoms with Crippen molar-refractivity contribution in [2.24, 2.45) is 5.92 Å². The van der Waals surface area contributed by atoms with Crippen molar-refractivity contribution in [3.05, 3.63) is 0 Å². The van der Waals surface area contributed by atoms with E-state index in [0.29, 0.717) is 12.5 Å². The molecular weight excluding hydrogens is 258 g/mol. The first-order valence-corrected chi connectivity index (χ1v) is 6.29. The minimum Gasteiger partial charge on any atom is -0.462 e. The van der Waals surface area contributed by atoms with Crippen molar-refractivity contribution in [1.82, 2.24) is 0 Å². The Kier molecular flexibility index (Phi) is 7.76. The normalized spacial score (nSPS) is 13.7. The maximum atomic E-state index is 11.1. The van der Waals surface area contributed by atoms with Gasteiger partial charge in [0.15, 0.2) is 0 Å². The van der Waals surface area contributed by atoms with Crippen LogP contribution in [0, 0.1) is 5.92 Å². The molecule has 0 amide bonds. The van der Waals surface area contributed by atoms with Gasteiger partial charge in [0, 0.05) is 0 Å². The molecule has 0 aromatic rings. The number of alkyl halides is 3. The molecule has 0 aliphatic heterocycles. The number of halogens is 3. The Morgan fingerprint density at radius 3 is 2.33 bits per heavy atom. The second kappa shape index (κ2) is 7.59. The predicted molar refractivity (Wildman–Crippen MR) is 64.6 cm³/mol. The SMILES string of the molecule is CCCC[C@@H](CC)COC(=O)C(Cl)(Cl)Cl. The van der Waals surface area contributed by atoms with Crippen LogP contribution in [0.5, 0.6) is 0 Å². The van der Waals surface area contributed by atoms with Crippen LogP contribution >= 0.6 is 34.8 Å². The van der Waals surface area contributed by atoms with Gasteiger partial charge in [-0.1, -0.05) is 67.9 Å². The summed E-state index contributed by atoms with van der Waals surface area (Å²) in [4.78, 5) is 11.1.